The molecule has 2 aromatic rings. The molecule has 2 saturated heterocycles. The van der Waals surface area contributed by atoms with E-state index in [1.165, 1.54) is 0 Å². The van der Waals surface area contributed by atoms with Gasteiger partial charge >= 0.3 is 0 Å². The topological polar surface area (TPSA) is 67.2 Å². The number of hydrogen-bond donors (Lipinski definition) is 0. The number of piperidine rings is 1. The van der Waals surface area contributed by atoms with Gasteiger partial charge < -0.3 is 14.4 Å². The lowest BCUT2D eigenvalue weighted by molar-refractivity contribution is 0.0775. The third kappa shape index (κ3) is 2.56. The Bertz CT molecular complexity index is 700. The summed E-state index contributed by atoms with van der Waals surface area (Å²) in [6, 6.07) is 0. The zero-order valence-corrected chi connectivity index (χ0v) is 13.2. The van der Waals surface area contributed by atoms with Gasteiger partial charge in [-0.05, 0) is 18.3 Å². The van der Waals surface area contributed by atoms with Crippen molar-refractivity contribution < 1.29 is 4.79 Å². The maximum Gasteiger partial charge on any atom is 0.272 e. The highest BCUT2D eigenvalue weighted by molar-refractivity contribution is 5.92. The summed E-state index contributed by atoms with van der Waals surface area (Å²) in [6.07, 6.45) is 9.65. The number of hydrogen-bond acceptors (Lipinski definition) is 5. The Hall–Kier alpha value is -2.44. The zero-order chi connectivity index (χ0) is 15.8. The van der Waals surface area contributed by atoms with Gasteiger partial charge in [0.15, 0.2) is 0 Å². The molecule has 7 heteroatoms. The van der Waals surface area contributed by atoms with Crippen LogP contribution in [0.3, 0.4) is 0 Å². The predicted molar refractivity (Wildman–Crippen MR) is 85.0 cm³/mol. The van der Waals surface area contributed by atoms with Crippen molar-refractivity contribution in [2.75, 3.05) is 31.1 Å². The Balaban J connectivity index is 1.46. The van der Waals surface area contributed by atoms with Crippen LogP contribution in [0, 0.1) is 11.8 Å². The van der Waals surface area contributed by atoms with E-state index in [1.54, 1.807) is 29.5 Å². The minimum Gasteiger partial charge on any atom is -0.355 e. The van der Waals surface area contributed by atoms with Crippen molar-refractivity contribution >= 4 is 11.7 Å². The van der Waals surface area contributed by atoms with Crippen molar-refractivity contribution in [3.63, 3.8) is 0 Å². The SMILES string of the molecule is Cn1cncc1C(=O)N1C[C@@H]2CCN(c3cnccn3)C[C@@H]2C1. The van der Waals surface area contributed by atoms with Gasteiger partial charge in [0.25, 0.3) is 5.91 Å². The Kier molecular flexibility index (Phi) is 3.48. The summed E-state index contributed by atoms with van der Waals surface area (Å²) >= 11 is 0. The quantitative estimate of drug-likeness (QED) is 0.821. The van der Waals surface area contributed by atoms with Gasteiger partial charge in [0, 0.05) is 45.6 Å². The summed E-state index contributed by atoms with van der Waals surface area (Å²) in [7, 11) is 1.86. The molecule has 7 nitrogen and oxygen atoms in total. The molecule has 0 aromatic carbocycles. The first-order chi connectivity index (χ1) is 11.2. The van der Waals surface area contributed by atoms with Crippen LogP contribution in [0.1, 0.15) is 16.9 Å². The molecule has 1 amide bonds. The average Bonchev–Trinajstić information content (AvgIpc) is 3.20. The van der Waals surface area contributed by atoms with Crippen LogP contribution < -0.4 is 4.90 Å². The van der Waals surface area contributed by atoms with E-state index in [0.29, 0.717) is 17.5 Å². The molecule has 2 aliphatic rings. The summed E-state index contributed by atoms with van der Waals surface area (Å²) < 4.78 is 1.79. The number of nitrogens with zero attached hydrogens (tertiary/aromatic N) is 6. The summed E-state index contributed by atoms with van der Waals surface area (Å²) in [5.74, 6) is 2.11. The number of anilines is 1. The van der Waals surface area contributed by atoms with E-state index in [2.05, 4.69) is 19.9 Å². The Labute approximate surface area is 135 Å². The predicted octanol–water partition coefficient (Wildman–Crippen LogP) is 0.809. The van der Waals surface area contributed by atoms with Crippen LogP contribution >= 0.6 is 0 Å². The summed E-state index contributed by atoms with van der Waals surface area (Å²) in [5.41, 5.74) is 0.662. The Morgan fingerprint density at radius 1 is 1.13 bits per heavy atom. The van der Waals surface area contributed by atoms with Crippen molar-refractivity contribution in [3.05, 3.63) is 36.8 Å². The fourth-order valence-electron chi connectivity index (χ4n) is 3.72. The molecule has 0 radical (unpaired) electrons. The van der Waals surface area contributed by atoms with Crippen molar-refractivity contribution in [1.29, 1.82) is 0 Å². The molecule has 2 fully saturated rings. The molecule has 0 bridgehead atoms. The lowest BCUT2D eigenvalue weighted by Crippen LogP contribution is -2.40. The summed E-state index contributed by atoms with van der Waals surface area (Å²) in [6.45, 7) is 3.58. The molecule has 4 rings (SSSR count). The molecule has 2 aromatic heterocycles. The van der Waals surface area contributed by atoms with Gasteiger partial charge in [-0.1, -0.05) is 0 Å². The summed E-state index contributed by atoms with van der Waals surface area (Å²) in [5, 5.41) is 0. The first kappa shape index (κ1) is 14.2. The minimum absolute atomic E-state index is 0.0884. The fraction of sp³-hybridized carbons (Fsp3) is 0.500. The number of imidazole rings is 1. The highest BCUT2D eigenvalue weighted by Gasteiger charge is 2.39. The first-order valence-electron chi connectivity index (χ1n) is 7.99. The third-order valence-electron chi connectivity index (χ3n) is 5.00. The number of aromatic nitrogens is 4. The normalized spacial score (nSPS) is 23.9. The highest BCUT2D eigenvalue weighted by Crippen LogP contribution is 2.33. The van der Waals surface area contributed by atoms with Crippen LogP contribution in [0.15, 0.2) is 31.1 Å². The van der Waals surface area contributed by atoms with E-state index in [0.717, 1.165) is 38.4 Å². The molecule has 0 aliphatic carbocycles. The molecule has 2 aliphatic heterocycles. The lowest BCUT2D eigenvalue weighted by Gasteiger charge is -2.34. The van der Waals surface area contributed by atoms with Gasteiger partial charge in [-0.15, -0.1) is 0 Å². The number of aryl methyl sites for hydroxylation is 1. The largest absolute Gasteiger partial charge is 0.355 e. The molecule has 0 N–H and O–H groups in total. The standard InChI is InChI=1S/C16H20N6O/c1-20-11-18-6-14(20)16(23)22-8-12-2-5-21(9-13(12)10-22)15-7-17-3-4-19-15/h3-4,6-7,11-13H,2,5,8-10H2,1H3/t12-,13+/m0/s1. The van der Waals surface area contributed by atoms with Gasteiger partial charge in [-0.2, -0.15) is 0 Å². The Morgan fingerprint density at radius 3 is 2.74 bits per heavy atom. The van der Waals surface area contributed by atoms with Crippen LogP contribution in [0.4, 0.5) is 5.82 Å². The first-order valence-corrected chi connectivity index (χ1v) is 7.99. The van der Waals surface area contributed by atoms with E-state index >= 15 is 0 Å². The molecule has 0 unspecified atom stereocenters. The molecule has 23 heavy (non-hydrogen) atoms. The van der Waals surface area contributed by atoms with Gasteiger partial charge in [0.1, 0.15) is 11.5 Å². The van der Waals surface area contributed by atoms with Crippen molar-refractivity contribution in [3.8, 4) is 0 Å². The maximum absolute atomic E-state index is 12.7. The number of amides is 1. The highest BCUT2D eigenvalue weighted by atomic mass is 16.2. The summed E-state index contributed by atoms with van der Waals surface area (Å²) in [4.78, 5) is 29.5. The van der Waals surface area contributed by atoms with E-state index < -0.39 is 0 Å². The number of rotatable bonds is 2. The van der Waals surface area contributed by atoms with E-state index in [9.17, 15) is 4.79 Å². The zero-order valence-electron chi connectivity index (χ0n) is 13.2. The van der Waals surface area contributed by atoms with Crippen LogP contribution in [-0.2, 0) is 7.05 Å². The van der Waals surface area contributed by atoms with Crippen LogP contribution in [0.25, 0.3) is 0 Å². The van der Waals surface area contributed by atoms with Crippen molar-refractivity contribution in [2.24, 2.45) is 18.9 Å². The molecule has 120 valence electrons. The Morgan fingerprint density at radius 2 is 2.00 bits per heavy atom. The van der Waals surface area contributed by atoms with Crippen molar-refractivity contribution in [1.82, 2.24) is 24.4 Å². The fourth-order valence-corrected chi connectivity index (χ4v) is 3.72. The molecule has 0 saturated carbocycles. The lowest BCUT2D eigenvalue weighted by atomic mass is 9.89. The van der Waals surface area contributed by atoms with Crippen LogP contribution in [-0.4, -0.2) is 56.5 Å². The second-order valence-electron chi connectivity index (χ2n) is 6.42. The maximum atomic E-state index is 12.7. The monoisotopic (exact) mass is 312 g/mol. The number of carbonyl (C=O) groups excluding carboxylic acids is 1. The van der Waals surface area contributed by atoms with Gasteiger partial charge in [0.05, 0.1) is 18.7 Å². The van der Waals surface area contributed by atoms with E-state index in [4.69, 9.17) is 0 Å². The van der Waals surface area contributed by atoms with E-state index in [-0.39, 0.29) is 5.91 Å². The second kappa shape index (κ2) is 5.64. The van der Waals surface area contributed by atoms with Crippen LogP contribution in [0.2, 0.25) is 0 Å². The van der Waals surface area contributed by atoms with E-state index in [1.807, 2.05) is 18.1 Å². The molecular formula is C16H20N6O. The third-order valence-corrected chi connectivity index (χ3v) is 5.00. The van der Waals surface area contributed by atoms with Crippen molar-refractivity contribution in [2.45, 2.75) is 6.42 Å². The van der Waals surface area contributed by atoms with Gasteiger partial charge in [0.2, 0.25) is 0 Å². The van der Waals surface area contributed by atoms with Crippen LogP contribution in [0.5, 0.6) is 0 Å². The number of carbonyl (C=O) groups is 1. The number of fused-ring (bicyclic) bond motifs is 1. The molecule has 4 heterocycles. The molecule has 0 spiro atoms. The van der Waals surface area contributed by atoms with Gasteiger partial charge in [-0.3, -0.25) is 9.78 Å². The average molecular weight is 312 g/mol. The minimum atomic E-state index is 0.0884. The smallest absolute Gasteiger partial charge is 0.272 e. The molecule has 2 atom stereocenters. The second-order valence-corrected chi connectivity index (χ2v) is 6.42. The molecular weight excluding hydrogens is 292 g/mol. The van der Waals surface area contributed by atoms with Gasteiger partial charge in [-0.25, -0.2) is 9.97 Å². The number of likely N-dealkylation sites (tertiary alicyclic amines) is 1.